The molecule has 10 aromatic heterocycles. The fourth-order valence-corrected chi connectivity index (χ4v) is 20.9. The topological polar surface area (TPSA) is 109 Å². The third kappa shape index (κ3) is 11.2. The van der Waals surface area contributed by atoms with Crippen LogP contribution in [0.15, 0.2) is 254 Å². The molecule has 0 N–H and O–H groups in total. The van der Waals surface area contributed by atoms with Crippen molar-refractivity contribution in [2.24, 2.45) is 21.1 Å². The average molecular weight is 1540 g/mol. The van der Waals surface area contributed by atoms with Crippen molar-refractivity contribution >= 4 is 201 Å². The molecule has 0 spiro atoms. The molecule has 1 aliphatic rings. The minimum absolute atomic E-state index is 0.453. The second-order valence-corrected chi connectivity index (χ2v) is 33.8. The third-order valence-corrected chi connectivity index (χ3v) is 26.8. The summed E-state index contributed by atoms with van der Waals surface area (Å²) in [7, 11) is 8.29. The maximum atomic E-state index is 6.53. The molecule has 0 atom stereocenters. The van der Waals surface area contributed by atoms with Crippen molar-refractivity contribution in [1.29, 1.82) is 0 Å². The van der Waals surface area contributed by atoms with Crippen LogP contribution in [0.3, 0.4) is 0 Å². The van der Waals surface area contributed by atoms with Crippen LogP contribution < -0.4 is 18.6 Å². The highest BCUT2D eigenvalue weighted by atomic mass is 32.1. The second kappa shape index (κ2) is 27.3. The number of benzene rings is 12. The van der Waals surface area contributed by atoms with Crippen molar-refractivity contribution in [3.8, 4) is 33.8 Å². The molecular weight excluding hydrogens is 1460 g/mol. The molecule has 12 aromatic carbocycles. The number of aromatic nitrogens is 6. The largest absolute Gasteiger partial charge is 0.455 e. The zero-order chi connectivity index (χ0) is 77.8. The number of hydrogen-bond acceptors (Lipinski definition) is 12. The van der Waals surface area contributed by atoms with E-state index in [9.17, 15) is 0 Å². The normalized spacial score (nSPS) is 12.6. The van der Waals surface area contributed by atoms with Gasteiger partial charge in [-0.3, -0.25) is 0 Å². The number of aryl methyl sites for hydroxylation is 10. The lowest BCUT2D eigenvalue weighted by atomic mass is 9.99. The molecule has 0 radical (unpaired) electrons. The molecule has 114 heavy (non-hydrogen) atoms. The minimum atomic E-state index is 0.453. The molecule has 0 saturated carbocycles. The van der Waals surface area contributed by atoms with Crippen LogP contribution in [0.4, 0.5) is 5.69 Å². The highest BCUT2D eigenvalue weighted by Gasteiger charge is 2.29. The maximum Gasteiger partial charge on any atom is 0.287 e. The molecule has 0 unspecified atom stereocenters. The van der Waals surface area contributed by atoms with E-state index in [1.165, 1.54) is 162 Å². The molecule has 1 aliphatic heterocycles. The van der Waals surface area contributed by atoms with Crippen LogP contribution in [0.1, 0.15) is 63.6 Å². The van der Waals surface area contributed by atoms with Gasteiger partial charge in [-0.25, -0.2) is 13.7 Å². The number of anilines is 1. The minimum Gasteiger partial charge on any atom is -0.455 e. The lowest BCUT2D eigenvalue weighted by Gasteiger charge is -2.20. The Kier molecular flexibility index (Phi) is 16.9. The zero-order valence-electron chi connectivity index (χ0n) is 65.7. The van der Waals surface area contributed by atoms with Crippen molar-refractivity contribution in [1.82, 2.24) is 19.9 Å². The van der Waals surface area contributed by atoms with Crippen LogP contribution in [0, 0.1) is 48.5 Å². The summed E-state index contributed by atoms with van der Waals surface area (Å²) in [5, 5.41) is 23.3. The fourth-order valence-electron chi connectivity index (χ4n) is 17.4. The van der Waals surface area contributed by atoms with Gasteiger partial charge < -0.3 is 27.5 Å². The van der Waals surface area contributed by atoms with Crippen LogP contribution in [0.5, 0.6) is 0 Å². The molecule has 22 aromatic rings. The molecule has 0 aliphatic carbocycles. The Hall–Kier alpha value is -12.7. The van der Waals surface area contributed by atoms with E-state index in [-0.39, 0.29) is 0 Å². The van der Waals surface area contributed by atoms with E-state index >= 15 is 0 Å². The van der Waals surface area contributed by atoms with Gasteiger partial charge in [0.25, 0.3) is 19.0 Å². The van der Waals surface area contributed by atoms with Crippen LogP contribution in [-0.2, 0) is 21.1 Å². The van der Waals surface area contributed by atoms with E-state index < -0.39 is 0 Å². The summed E-state index contributed by atoms with van der Waals surface area (Å²) in [5.74, 6) is 0.453. The quantitative estimate of drug-likeness (QED) is 0.156. The second-order valence-electron chi connectivity index (χ2n) is 30.9. The SMILES string of the molecule is Cc1c(-c2c3scc(C(C)C)c3nc[n+]2C)ccc2c1oc1c3ccccc3ccc21.Cc1c(N2C=CN(C)C2)ccc2c1oc1c3ccccc3ccc21.Cc1csc2c(-c3ccc4c(oc5c6ccccc6ccc45)c3C)[n+](C)cnc12.Cc1sc2c(-c3ccc4c(oc5c6ccccc6ccc45)c3C)[n+](C)cnc2c1C. The first-order chi connectivity index (χ1) is 55.4. The number of furan rings is 4. The molecular formula is C99H81N8O4S3+3. The standard InChI is InChI=1S/C27H23N2OS.C26H21N2OS.C25H19N2OS.C21H18N2O/c1-15(2)22-13-31-27-23(22)28-14-29(4)24(27)18-11-12-20-21-10-9-17-7-5-6-8-19(17)26(21)30-25(20)16(18)3;1-14-16(3)30-26-22(14)27-13-28(4)23(26)18-11-12-20-21-10-9-17-7-5-6-8-19(17)25(21)29-24(20)15(18)2;1-14-12-29-25-21(14)26-13-27(3)22(25)17-10-11-19-20-9-8-16-6-4-5-7-18(16)24(20)28-23(19)15(17)2;1-14-19(23-12-11-22(2)13-23)10-9-17-18-8-7-15-5-3-4-6-16(15)21(18)24-20(14)17/h5-15H,1-4H3;5-13H,1-4H3;4-13H,1-3H3;3-12H,13H2,1-2H3/q3*+1;. The average Bonchev–Trinajstić information content (AvgIpc) is 1.58. The Morgan fingerprint density at radius 3 is 1.11 bits per heavy atom. The van der Waals surface area contributed by atoms with Gasteiger partial charge in [0.1, 0.15) is 58.8 Å². The van der Waals surface area contributed by atoms with Gasteiger partial charge in [-0.15, -0.1) is 34.0 Å². The van der Waals surface area contributed by atoms with Gasteiger partial charge in [0.2, 0.25) is 11.0 Å². The van der Waals surface area contributed by atoms with Crippen molar-refractivity contribution in [3.63, 3.8) is 0 Å². The van der Waals surface area contributed by atoms with Gasteiger partial charge in [0, 0.05) is 150 Å². The number of rotatable bonds is 5. The Morgan fingerprint density at radius 2 is 0.702 bits per heavy atom. The molecule has 556 valence electrons. The Labute approximate surface area is 669 Å². The lowest BCUT2D eigenvalue weighted by Crippen LogP contribution is -2.31. The van der Waals surface area contributed by atoms with Crippen LogP contribution in [0.2, 0.25) is 0 Å². The molecule has 0 amide bonds. The predicted octanol–water partition coefficient (Wildman–Crippen LogP) is 25.7. The highest BCUT2D eigenvalue weighted by molar-refractivity contribution is 7.19. The van der Waals surface area contributed by atoms with Crippen molar-refractivity contribution in [2.45, 2.75) is 68.2 Å². The molecule has 0 bridgehead atoms. The molecule has 12 nitrogen and oxygen atoms in total. The number of hydrogen-bond donors (Lipinski definition) is 0. The van der Waals surface area contributed by atoms with Crippen molar-refractivity contribution in [2.75, 3.05) is 18.6 Å². The van der Waals surface area contributed by atoms with Gasteiger partial charge in [0.05, 0.1) is 27.8 Å². The first kappa shape index (κ1) is 70.5. The summed E-state index contributed by atoms with van der Waals surface area (Å²) in [5.41, 5.74) is 27.9. The predicted molar refractivity (Wildman–Crippen MR) is 476 cm³/mol. The molecule has 15 heteroatoms. The smallest absolute Gasteiger partial charge is 0.287 e. The number of thiophene rings is 3. The van der Waals surface area contributed by atoms with Crippen LogP contribution in [0.25, 0.3) is 195 Å². The van der Waals surface area contributed by atoms with Gasteiger partial charge in [-0.1, -0.05) is 135 Å². The Morgan fingerprint density at radius 1 is 0.351 bits per heavy atom. The van der Waals surface area contributed by atoms with Gasteiger partial charge in [0.15, 0.2) is 22.6 Å². The van der Waals surface area contributed by atoms with Gasteiger partial charge in [-0.2, -0.15) is 0 Å². The summed E-state index contributed by atoms with van der Waals surface area (Å²) in [6.45, 7) is 20.4. The number of fused-ring (bicyclic) bond motifs is 23. The molecule has 0 fully saturated rings. The van der Waals surface area contributed by atoms with Crippen LogP contribution in [-0.4, -0.2) is 33.6 Å². The van der Waals surface area contributed by atoms with E-state index in [4.69, 9.17) is 27.6 Å². The van der Waals surface area contributed by atoms with Crippen molar-refractivity contribution in [3.05, 3.63) is 280 Å². The first-order valence-electron chi connectivity index (χ1n) is 38.7. The fraction of sp³-hybridized carbons (Fsp3) is 0.152. The van der Waals surface area contributed by atoms with Gasteiger partial charge in [-0.05, 0) is 174 Å². The van der Waals surface area contributed by atoms with E-state index in [1.807, 2.05) is 30.3 Å². The highest BCUT2D eigenvalue weighted by Crippen LogP contribution is 2.47. The van der Waals surface area contributed by atoms with E-state index in [0.717, 1.165) is 89.6 Å². The summed E-state index contributed by atoms with van der Waals surface area (Å²) in [4.78, 5) is 19.8. The third-order valence-electron chi connectivity index (χ3n) is 23.5. The summed E-state index contributed by atoms with van der Waals surface area (Å²) in [6, 6.07) is 68.8. The maximum absolute atomic E-state index is 6.53. The Bertz CT molecular complexity index is 7820. The monoisotopic (exact) mass is 1540 g/mol. The number of nitrogens with zero attached hydrogens (tertiary/aromatic N) is 8. The lowest BCUT2D eigenvalue weighted by molar-refractivity contribution is -0.662. The summed E-state index contributed by atoms with van der Waals surface area (Å²) < 4.78 is 36.0. The Balaban J connectivity index is 0.0000000989. The summed E-state index contributed by atoms with van der Waals surface area (Å²) >= 11 is 5.36. The molecule has 0 saturated heterocycles. The van der Waals surface area contributed by atoms with E-state index in [0.29, 0.717) is 5.92 Å². The molecule has 11 heterocycles. The van der Waals surface area contributed by atoms with Gasteiger partial charge >= 0.3 is 0 Å². The van der Waals surface area contributed by atoms with Crippen molar-refractivity contribution < 1.29 is 31.4 Å². The van der Waals surface area contributed by atoms with Crippen LogP contribution >= 0.6 is 34.0 Å². The van der Waals surface area contributed by atoms with E-state index in [1.54, 1.807) is 22.7 Å². The van der Waals surface area contributed by atoms with E-state index in [2.05, 4.69) is 336 Å². The molecule has 23 rings (SSSR count). The zero-order valence-corrected chi connectivity index (χ0v) is 68.2. The first-order valence-corrected chi connectivity index (χ1v) is 41.2. The summed E-state index contributed by atoms with van der Waals surface area (Å²) in [6.07, 6.45) is 9.98.